The van der Waals surface area contributed by atoms with Crippen LogP contribution in [0.1, 0.15) is 57.1 Å². The molecule has 3 rings (SSSR count). The number of aliphatic hydroxyl groups excluding tert-OH is 1. The van der Waals surface area contributed by atoms with Crippen molar-refractivity contribution >= 4 is 18.3 Å². The van der Waals surface area contributed by atoms with Gasteiger partial charge in [-0.15, -0.1) is 12.4 Å². The zero-order chi connectivity index (χ0) is 17.2. The number of halogens is 1. The summed E-state index contributed by atoms with van der Waals surface area (Å²) in [6, 6.07) is 9.84. The first kappa shape index (κ1) is 20.2. The van der Waals surface area contributed by atoms with Gasteiger partial charge in [0.25, 0.3) is 0 Å². The maximum atomic E-state index is 12.9. The molecule has 3 unspecified atom stereocenters. The highest BCUT2D eigenvalue weighted by Crippen LogP contribution is 2.35. The van der Waals surface area contributed by atoms with Crippen LogP contribution < -0.4 is 5.73 Å². The van der Waals surface area contributed by atoms with Crippen LogP contribution in [0.5, 0.6) is 0 Å². The van der Waals surface area contributed by atoms with E-state index in [1.807, 2.05) is 42.2 Å². The predicted molar refractivity (Wildman–Crippen MR) is 103 cm³/mol. The van der Waals surface area contributed by atoms with Crippen LogP contribution in [0.25, 0.3) is 0 Å². The van der Waals surface area contributed by atoms with Gasteiger partial charge in [-0.2, -0.15) is 0 Å². The van der Waals surface area contributed by atoms with Crippen molar-refractivity contribution in [3.05, 3.63) is 35.9 Å². The Labute approximate surface area is 157 Å². The molecule has 1 aliphatic carbocycles. The van der Waals surface area contributed by atoms with Crippen molar-refractivity contribution < 1.29 is 9.90 Å². The van der Waals surface area contributed by atoms with Gasteiger partial charge in [0.15, 0.2) is 0 Å². The third kappa shape index (κ3) is 4.55. The van der Waals surface area contributed by atoms with Gasteiger partial charge in [-0.05, 0) is 44.1 Å². The minimum Gasteiger partial charge on any atom is -0.388 e. The molecule has 1 saturated carbocycles. The first-order chi connectivity index (χ1) is 11.5. The van der Waals surface area contributed by atoms with E-state index in [0.717, 1.165) is 57.2 Å². The fourth-order valence-electron chi connectivity index (χ4n) is 4.34. The summed E-state index contributed by atoms with van der Waals surface area (Å²) in [5, 5.41) is 10.6. The molecular weight excluding hydrogens is 336 g/mol. The van der Waals surface area contributed by atoms with Crippen molar-refractivity contribution in [2.75, 3.05) is 13.1 Å². The smallest absolute Gasteiger partial charge is 0.227 e. The lowest BCUT2D eigenvalue weighted by Gasteiger charge is -2.42. The lowest BCUT2D eigenvalue weighted by atomic mass is 9.73. The number of amides is 1. The van der Waals surface area contributed by atoms with E-state index in [9.17, 15) is 9.90 Å². The number of nitrogens with two attached hydrogens (primary N) is 1. The van der Waals surface area contributed by atoms with Crippen LogP contribution >= 0.6 is 12.4 Å². The molecule has 5 heteroatoms. The molecule has 1 amide bonds. The first-order valence-electron chi connectivity index (χ1n) is 9.30. The van der Waals surface area contributed by atoms with Gasteiger partial charge in [-0.1, -0.05) is 43.2 Å². The average molecular weight is 367 g/mol. The monoisotopic (exact) mass is 366 g/mol. The summed E-state index contributed by atoms with van der Waals surface area (Å²) in [4.78, 5) is 14.9. The van der Waals surface area contributed by atoms with E-state index in [1.165, 1.54) is 0 Å². The van der Waals surface area contributed by atoms with Crippen LogP contribution in [0.15, 0.2) is 30.3 Å². The van der Waals surface area contributed by atoms with Crippen LogP contribution in [0.4, 0.5) is 0 Å². The summed E-state index contributed by atoms with van der Waals surface area (Å²) in [6.45, 7) is 3.50. The maximum Gasteiger partial charge on any atom is 0.227 e. The number of carbonyl (C=O) groups excluding carboxylic acids is 1. The maximum absolute atomic E-state index is 12.9. The normalized spacial score (nSPS) is 28.9. The minimum atomic E-state index is -0.432. The molecule has 1 aromatic carbocycles. The van der Waals surface area contributed by atoms with E-state index >= 15 is 0 Å². The zero-order valence-electron chi connectivity index (χ0n) is 15.1. The first-order valence-corrected chi connectivity index (χ1v) is 9.30. The molecule has 1 aromatic rings. The second-order valence-electron chi connectivity index (χ2n) is 7.82. The van der Waals surface area contributed by atoms with Crippen molar-refractivity contribution in [3.63, 3.8) is 0 Å². The Morgan fingerprint density at radius 1 is 1.20 bits per heavy atom. The molecule has 3 N–H and O–H groups in total. The van der Waals surface area contributed by atoms with Gasteiger partial charge in [0, 0.05) is 18.6 Å². The van der Waals surface area contributed by atoms with E-state index < -0.39 is 6.10 Å². The Bertz CT molecular complexity index is 556. The van der Waals surface area contributed by atoms with Gasteiger partial charge in [-0.25, -0.2) is 0 Å². The molecule has 0 spiro atoms. The third-order valence-corrected chi connectivity index (χ3v) is 5.99. The Hall–Kier alpha value is -1.10. The number of likely N-dealkylation sites (tertiary alicyclic amines) is 1. The standard InChI is InChI=1S/C20H30N2O2.ClH/c1-20(21)12-6-5-9-17(20)19(24)22-13-10-16(11-14-22)18(23)15-7-3-2-4-8-15;/h2-4,7-8,16-18,23H,5-6,9-14,21H2,1H3;1H. The van der Waals surface area contributed by atoms with E-state index in [1.54, 1.807) is 0 Å². The van der Waals surface area contributed by atoms with E-state index in [-0.39, 0.29) is 35.7 Å². The van der Waals surface area contributed by atoms with Crippen molar-refractivity contribution in [2.24, 2.45) is 17.6 Å². The number of carbonyl (C=O) groups is 1. The summed E-state index contributed by atoms with van der Waals surface area (Å²) in [6.07, 6.45) is 5.36. The summed E-state index contributed by atoms with van der Waals surface area (Å²) in [7, 11) is 0. The van der Waals surface area contributed by atoms with Gasteiger partial charge < -0.3 is 15.7 Å². The summed E-state index contributed by atoms with van der Waals surface area (Å²) in [5.41, 5.74) is 7.00. The topological polar surface area (TPSA) is 66.6 Å². The Morgan fingerprint density at radius 3 is 2.44 bits per heavy atom. The number of benzene rings is 1. The Morgan fingerprint density at radius 2 is 1.84 bits per heavy atom. The van der Waals surface area contributed by atoms with Crippen molar-refractivity contribution in [2.45, 2.75) is 57.1 Å². The molecule has 4 nitrogen and oxygen atoms in total. The van der Waals surface area contributed by atoms with E-state index in [4.69, 9.17) is 5.73 Å². The van der Waals surface area contributed by atoms with Crippen LogP contribution in [0.3, 0.4) is 0 Å². The predicted octanol–water partition coefficient (Wildman–Crippen LogP) is 3.29. The Balaban J connectivity index is 0.00000225. The SMILES string of the molecule is CC1(N)CCCCC1C(=O)N1CCC(C(O)c2ccccc2)CC1.Cl. The fraction of sp³-hybridized carbons (Fsp3) is 0.650. The third-order valence-electron chi connectivity index (χ3n) is 5.99. The highest BCUT2D eigenvalue weighted by molar-refractivity contribution is 5.85. The molecule has 0 aromatic heterocycles. The molecule has 3 atom stereocenters. The highest BCUT2D eigenvalue weighted by Gasteiger charge is 2.40. The molecule has 1 aliphatic heterocycles. The quantitative estimate of drug-likeness (QED) is 0.862. The molecule has 0 radical (unpaired) electrons. The molecule has 25 heavy (non-hydrogen) atoms. The largest absolute Gasteiger partial charge is 0.388 e. The molecule has 2 fully saturated rings. The van der Waals surface area contributed by atoms with Gasteiger partial charge >= 0.3 is 0 Å². The zero-order valence-corrected chi connectivity index (χ0v) is 15.9. The summed E-state index contributed by atoms with van der Waals surface area (Å²) < 4.78 is 0. The molecule has 2 aliphatic rings. The summed E-state index contributed by atoms with van der Waals surface area (Å²) >= 11 is 0. The number of hydrogen-bond donors (Lipinski definition) is 2. The second kappa shape index (κ2) is 8.52. The lowest BCUT2D eigenvalue weighted by molar-refractivity contribution is -0.141. The van der Waals surface area contributed by atoms with Gasteiger partial charge in [0.1, 0.15) is 0 Å². The van der Waals surface area contributed by atoms with Crippen LogP contribution in [0.2, 0.25) is 0 Å². The van der Waals surface area contributed by atoms with Gasteiger partial charge in [-0.3, -0.25) is 4.79 Å². The van der Waals surface area contributed by atoms with Gasteiger partial charge in [0.2, 0.25) is 5.91 Å². The highest BCUT2D eigenvalue weighted by atomic mass is 35.5. The van der Waals surface area contributed by atoms with E-state index in [0.29, 0.717) is 0 Å². The van der Waals surface area contributed by atoms with Crippen LogP contribution in [-0.4, -0.2) is 34.5 Å². The summed E-state index contributed by atoms with van der Waals surface area (Å²) in [5.74, 6) is 0.418. The average Bonchev–Trinajstić information content (AvgIpc) is 2.61. The number of aliphatic hydroxyl groups is 1. The number of rotatable bonds is 3. The molecular formula is C20H31ClN2O2. The van der Waals surface area contributed by atoms with Crippen molar-refractivity contribution in [1.82, 2.24) is 4.90 Å². The molecule has 1 heterocycles. The fourth-order valence-corrected chi connectivity index (χ4v) is 4.34. The molecule has 1 saturated heterocycles. The molecule has 140 valence electrons. The van der Waals surface area contributed by atoms with E-state index in [2.05, 4.69) is 0 Å². The number of piperidine rings is 1. The van der Waals surface area contributed by atoms with Crippen molar-refractivity contribution in [3.8, 4) is 0 Å². The number of hydrogen-bond acceptors (Lipinski definition) is 3. The van der Waals surface area contributed by atoms with Gasteiger partial charge in [0.05, 0.1) is 12.0 Å². The van der Waals surface area contributed by atoms with Crippen LogP contribution in [-0.2, 0) is 4.79 Å². The molecule has 0 bridgehead atoms. The van der Waals surface area contributed by atoms with Crippen LogP contribution in [0, 0.1) is 11.8 Å². The van der Waals surface area contributed by atoms with Crippen molar-refractivity contribution in [1.29, 1.82) is 0 Å². The lowest BCUT2D eigenvalue weighted by Crippen LogP contribution is -2.55. The number of nitrogens with zero attached hydrogens (tertiary/aromatic N) is 1. The minimum absolute atomic E-state index is 0. The second-order valence-corrected chi connectivity index (χ2v) is 7.82. The Kier molecular flexibility index (Phi) is 6.89.